The van der Waals surface area contributed by atoms with Gasteiger partial charge in [-0.15, -0.1) is 0 Å². The van der Waals surface area contributed by atoms with Gasteiger partial charge in [0.05, 0.1) is 0 Å². The predicted molar refractivity (Wildman–Crippen MR) is 105 cm³/mol. The zero-order valence-electron chi connectivity index (χ0n) is 15.9. The minimum atomic E-state index is -0.437. The molecule has 4 heteroatoms. The summed E-state index contributed by atoms with van der Waals surface area (Å²) in [5.41, 5.74) is 9.52. The van der Waals surface area contributed by atoms with Gasteiger partial charge in [-0.05, 0) is 29.3 Å². The Morgan fingerprint density at radius 1 is 1.00 bits per heavy atom. The highest BCUT2D eigenvalue weighted by Gasteiger charge is 2.28. The van der Waals surface area contributed by atoms with Gasteiger partial charge in [0.15, 0.2) is 0 Å². The third-order valence-electron chi connectivity index (χ3n) is 4.09. The van der Waals surface area contributed by atoms with Gasteiger partial charge < -0.3 is 15.5 Å². The monoisotopic (exact) mass is 339 g/mol. The minimum Gasteiger partial charge on any atom is -0.399 e. The van der Waals surface area contributed by atoms with Crippen molar-refractivity contribution in [2.24, 2.45) is 5.41 Å². The number of carbonyl (C=O) groups excluding carboxylic acids is 1. The maximum atomic E-state index is 13.0. The first-order chi connectivity index (χ1) is 11.7. The highest BCUT2D eigenvalue weighted by atomic mass is 16.2. The van der Waals surface area contributed by atoms with E-state index in [1.807, 2.05) is 76.2 Å². The summed E-state index contributed by atoms with van der Waals surface area (Å²) in [6.07, 6.45) is 0. The molecule has 0 spiro atoms. The van der Waals surface area contributed by atoms with E-state index in [0.717, 1.165) is 16.8 Å². The Balaban J connectivity index is 2.36. The molecule has 4 nitrogen and oxygen atoms in total. The summed E-state index contributed by atoms with van der Waals surface area (Å²) < 4.78 is 0. The first-order valence-corrected chi connectivity index (χ1v) is 8.57. The van der Waals surface area contributed by atoms with Crippen molar-refractivity contribution in [3.63, 3.8) is 0 Å². The highest BCUT2D eigenvalue weighted by Crippen LogP contribution is 2.26. The van der Waals surface area contributed by atoms with Gasteiger partial charge >= 0.3 is 0 Å². The summed E-state index contributed by atoms with van der Waals surface area (Å²) in [5, 5.41) is 0. The molecule has 2 aromatic carbocycles. The summed E-state index contributed by atoms with van der Waals surface area (Å²) in [4.78, 5) is 17.0. The number of nitrogens with two attached hydrogens (primary N) is 1. The van der Waals surface area contributed by atoms with Gasteiger partial charge in [0, 0.05) is 44.0 Å². The first-order valence-electron chi connectivity index (χ1n) is 8.57. The van der Waals surface area contributed by atoms with E-state index in [0.29, 0.717) is 18.8 Å². The predicted octanol–water partition coefficient (Wildman–Crippen LogP) is 3.91. The number of carbonyl (C=O) groups is 1. The second kappa shape index (κ2) is 7.60. The summed E-state index contributed by atoms with van der Waals surface area (Å²) in [5.74, 6) is 0.128. The number of rotatable bonds is 5. The van der Waals surface area contributed by atoms with Crippen LogP contribution in [-0.2, 0) is 17.9 Å². The van der Waals surface area contributed by atoms with Gasteiger partial charge in [-0.3, -0.25) is 4.79 Å². The Labute approximate surface area is 151 Å². The molecule has 0 aliphatic rings. The molecule has 25 heavy (non-hydrogen) atoms. The van der Waals surface area contributed by atoms with Crippen molar-refractivity contribution in [2.75, 3.05) is 24.7 Å². The third-order valence-corrected chi connectivity index (χ3v) is 4.09. The summed E-state index contributed by atoms with van der Waals surface area (Å²) in [6.45, 7) is 6.99. The van der Waals surface area contributed by atoms with Crippen molar-refractivity contribution in [2.45, 2.75) is 33.9 Å². The van der Waals surface area contributed by atoms with Crippen LogP contribution < -0.4 is 10.6 Å². The third kappa shape index (κ3) is 4.99. The van der Waals surface area contributed by atoms with Crippen LogP contribution in [0.15, 0.2) is 48.5 Å². The van der Waals surface area contributed by atoms with Gasteiger partial charge in [-0.2, -0.15) is 0 Å². The van der Waals surface area contributed by atoms with Crippen LogP contribution >= 0.6 is 0 Å². The lowest BCUT2D eigenvalue weighted by Crippen LogP contribution is -2.38. The zero-order chi connectivity index (χ0) is 18.6. The summed E-state index contributed by atoms with van der Waals surface area (Å²) in [7, 11) is 4.00. The van der Waals surface area contributed by atoms with E-state index in [1.165, 1.54) is 0 Å². The van der Waals surface area contributed by atoms with E-state index < -0.39 is 5.41 Å². The molecular formula is C21H29N3O. The molecule has 2 N–H and O–H groups in total. The van der Waals surface area contributed by atoms with Crippen molar-refractivity contribution in [3.8, 4) is 0 Å². The standard InChI is InChI=1S/C21H29N3O/c1-21(2,3)20(25)24(14-16-9-7-6-8-10-16)15-17-13-18(22)11-12-19(17)23(4)5/h6-13H,14-15,22H2,1-5H3. The normalized spacial score (nSPS) is 11.2. The summed E-state index contributed by atoms with van der Waals surface area (Å²) >= 11 is 0. The maximum absolute atomic E-state index is 13.0. The fraction of sp³-hybridized carbons (Fsp3) is 0.381. The van der Waals surface area contributed by atoms with Crippen LogP contribution in [0, 0.1) is 5.41 Å². The minimum absolute atomic E-state index is 0.128. The largest absolute Gasteiger partial charge is 0.399 e. The van der Waals surface area contributed by atoms with Crippen LogP contribution in [0.5, 0.6) is 0 Å². The molecule has 0 aliphatic heterocycles. The Hall–Kier alpha value is -2.49. The lowest BCUT2D eigenvalue weighted by atomic mass is 9.94. The smallest absolute Gasteiger partial charge is 0.228 e. The van der Waals surface area contributed by atoms with E-state index in [1.54, 1.807) is 0 Å². The number of amides is 1. The molecule has 0 radical (unpaired) electrons. The average Bonchev–Trinajstić information content (AvgIpc) is 2.53. The van der Waals surface area contributed by atoms with Crippen LogP contribution in [0.1, 0.15) is 31.9 Å². The van der Waals surface area contributed by atoms with Crippen LogP contribution in [0.2, 0.25) is 0 Å². The lowest BCUT2D eigenvalue weighted by Gasteiger charge is -2.31. The molecule has 1 amide bonds. The van der Waals surface area contributed by atoms with Crippen LogP contribution in [0.25, 0.3) is 0 Å². The molecule has 0 atom stereocenters. The lowest BCUT2D eigenvalue weighted by molar-refractivity contribution is -0.140. The van der Waals surface area contributed by atoms with Crippen LogP contribution in [0.3, 0.4) is 0 Å². The molecule has 134 valence electrons. The van der Waals surface area contributed by atoms with Gasteiger partial charge in [0.25, 0.3) is 0 Å². The van der Waals surface area contributed by atoms with Crippen molar-refractivity contribution < 1.29 is 4.79 Å². The van der Waals surface area contributed by atoms with E-state index in [-0.39, 0.29) is 5.91 Å². The van der Waals surface area contributed by atoms with Crippen molar-refractivity contribution in [1.29, 1.82) is 0 Å². The number of nitrogen functional groups attached to an aromatic ring is 1. The Kier molecular flexibility index (Phi) is 5.73. The van der Waals surface area contributed by atoms with Gasteiger partial charge in [0.1, 0.15) is 0 Å². The van der Waals surface area contributed by atoms with Crippen molar-refractivity contribution >= 4 is 17.3 Å². The van der Waals surface area contributed by atoms with E-state index in [9.17, 15) is 4.79 Å². The quantitative estimate of drug-likeness (QED) is 0.840. The highest BCUT2D eigenvalue weighted by molar-refractivity contribution is 5.81. The van der Waals surface area contributed by atoms with Crippen molar-refractivity contribution in [1.82, 2.24) is 4.90 Å². The molecule has 0 aliphatic carbocycles. The molecule has 0 aromatic heterocycles. The second-order valence-corrected chi connectivity index (χ2v) is 7.68. The topological polar surface area (TPSA) is 49.6 Å². The SMILES string of the molecule is CN(C)c1ccc(N)cc1CN(Cc1ccccc1)C(=O)C(C)(C)C. The molecular weight excluding hydrogens is 310 g/mol. The number of hydrogen-bond donors (Lipinski definition) is 1. The van der Waals surface area contributed by atoms with Gasteiger partial charge in [-0.1, -0.05) is 51.1 Å². The molecule has 0 heterocycles. The Morgan fingerprint density at radius 2 is 1.64 bits per heavy atom. The van der Waals surface area contributed by atoms with Crippen LogP contribution in [-0.4, -0.2) is 24.9 Å². The Morgan fingerprint density at radius 3 is 2.20 bits per heavy atom. The first kappa shape index (κ1) is 18.8. The second-order valence-electron chi connectivity index (χ2n) is 7.68. The van der Waals surface area contributed by atoms with E-state index in [2.05, 4.69) is 17.0 Å². The van der Waals surface area contributed by atoms with E-state index >= 15 is 0 Å². The van der Waals surface area contributed by atoms with Gasteiger partial charge in [0.2, 0.25) is 5.91 Å². The van der Waals surface area contributed by atoms with E-state index in [4.69, 9.17) is 5.73 Å². The maximum Gasteiger partial charge on any atom is 0.228 e. The fourth-order valence-electron chi connectivity index (χ4n) is 2.85. The molecule has 0 saturated heterocycles. The number of benzene rings is 2. The molecule has 2 rings (SSSR count). The molecule has 0 unspecified atom stereocenters. The van der Waals surface area contributed by atoms with Crippen molar-refractivity contribution in [3.05, 3.63) is 59.7 Å². The fourth-order valence-corrected chi connectivity index (χ4v) is 2.85. The number of anilines is 2. The number of nitrogens with zero attached hydrogens (tertiary/aromatic N) is 2. The average molecular weight is 339 g/mol. The molecule has 0 fully saturated rings. The van der Waals surface area contributed by atoms with Gasteiger partial charge in [-0.25, -0.2) is 0 Å². The Bertz CT molecular complexity index is 718. The molecule has 0 bridgehead atoms. The number of hydrogen-bond acceptors (Lipinski definition) is 3. The molecule has 0 saturated carbocycles. The van der Waals surface area contributed by atoms with Crippen LogP contribution in [0.4, 0.5) is 11.4 Å². The zero-order valence-corrected chi connectivity index (χ0v) is 15.9. The molecule has 2 aromatic rings. The summed E-state index contributed by atoms with van der Waals surface area (Å²) in [6, 6.07) is 16.0.